The first-order valence-electron chi connectivity index (χ1n) is 5.11. The number of nitrogens with two attached hydrogens (primary N) is 1. The quantitative estimate of drug-likeness (QED) is 0.613. The average molecular weight is 407 g/mol. The number of ether oxygens (including phenoxy) is 1. The largest absolute Gasteiger partial charge is 0.431 e. The second kappa shape index (κ2) is 5.71. The first kappa shape index (κ1) is 14.7. The lowest BCUT2D eigenvalue weighted by Gasteiger charge is -2.08. The highest BCUT2D eigenvalue weighted by Gasteiger charge is 2.20. The number of nitro groups is 1. The highest BCUT2D eigenvalue weighted by molar-refractivity contribution is 9.10. The number of nitro benzene ring substituents is 1. The molecule has 0 atom stereocenters. The number of hydrogen-bond acceptors (Lipinski definition) is 5. The molecular formula is C11H6Br2FN3O3. The lowest BCUT2D eigenvalue weighted by molar-refractivity contribution is -0.385. The lowest BCUT2D eigenvalue weighted by Crippen LogP contribution is -1.97. The summed E-state index contributed by atoms with van der Waals surface area (Å²) in [6.07, 6.45) is 1.32. The van der Waals surface area contributed by atoms with Gasteiger partial charge in [0.05, 0.1) is 25.8 Å². The third-order valence-corrected chi connectivity index (χ3v) is 3.41. The van der Waals surface area contributed by atoms with Crippen molar-refractivity contribution in [1.82, 2.24) is 4.98 Å². The number of nitrogens with zero attached hydrogens (tertiary/aromatic N) is 2. The SMILES string of the molecule is Nc1cnc(Oc2cc(F)c(Br)cc2[N+](=O)[O-])c(Br)c1. The van der Waals surface area contributed by atoms with Gasteiger partial charge in [0.2, 0.25) is 11.6 Å². The van der Waals surface area contributed by atoms with Gasteiger partial charge in [0.25, 0.3) is 0 Å². The van der Waals surface area contributed by atoms with Crippen LogP contribution in [0.2, 0.25) is 0 Å². The van der Waals surface area contributed by atoms with Crippen LogP contribution in [0.5, 0.6) is 11.6 Å². The predicted octanol–water partition coefficient (Wildman–Crippen LogP) is 4.03. The summed E-state index contributed by atoms with van der Waals surface area (Å²) >= 11 is 6.04. The van der Waals surface area contributed by atoms with Gasteiger partial charge < -0.3 is 10.5 Å². The normalized spacial score (nSPS) is 10.3. The number of anilines is 1. The molecule has 0 spiro atoms. The minimum absolute atomic E-state index is 0.0270. The van der Waals surface area contributed by atoms with Crippen LogP contribution in [-0.4, -0.2) is 9.91 Å². The molecule has 0 aliphatic heterocycles. The molecule has 9 heteroatoms. The van der Waals surface area contributed by atoms with E-state index in [1.165, 1.54) is 12.3 Å². The number of pyridine rings is 1. The van der Waals surface area contributed by atoms with E-state index < -0.39 is 10.7 Å². The van der Waals surface area contributed by atoms with Crippen LogP contribution >= 0.6 is 31.9 Å². The summed E-state index contributed by atoms with van der Waals surface area (Å²) in [6, 6.07) is 3.45. The summed E-state index contributed by atoms with van der Waals surface area (Å²) in [7, 11) is 0. The van der Waals surface area contributed by atoms with Crippen LogP contribution < -0.4 is 10.5 Å². The Kier molecular flexibility index (Phi) is 4.19. The summed E-state index contributed by atoms with van der Waals surface area (Å²) in [4.78, 5) is 14.1. The van der Waals surface area contributed by atoms with Gasteiger partial charge in [0.15, 0.2) is 0 Å². The molecule has 1 aromatic carbocycles. The van der Waals surface area contributed by atoms with Crippen LogP contribution in [0.25, 0.3) is 0 Å². The van der Waals surface area contributed by atoms with Gasteiger partial charge in [-0.3, -0.25) is 10.1 Å². The number of aromatic nitrogens is 1. The Bertz CT molecular complexity index is 697. The summed E-state index contributed by atoms with van der Waals surface area (Å²) in [5, 5.41) is 10.9. The van der Waals surface area contributed by atoms with Crippen LogP contribution in [0.3, 0.4) is 0 Å². The van der Waals surface area contributed by atoms with Gasteiger partial charge in [0, 0.05) is 12.1 Å². The van der Waals surface area contributed by atoms with E-state index in [4.69, 9.17) is 10.5 Å². The molecule has 2 aromatic rings. The van der Waals surface area contributed by atoms with E-state index in [1.807, 2.05) is 0 Å². The van der Waals surface area contributed by atoms with Crippen molar-refractivity contribution in [2.24, 2.45) is 0 Å². The molecule has 0 unspecified atom stereocenters. The maximum atomic E-state index is 13.5. The molecule has 20 heavy (non-hydrogen) atoms. The molecule has 1 aromatic heterocycles. The molecule has 2 rings (SSSR count). The number of halogens is 3. The summed E-state index contributed by atoms with van der Waals surface area (Å²) in [5.41, 5.74) is 5.52. The van der Waals surface area contributed by atoms with E-state index in [1.54, 1.807) is 0 Å². The average Bonchev–Trinajstić information content (AvgIpc) is 2.36. The molecule has 0 saturated heterocycles. The topological polar surface area (TPSA) is 91.3 Å². The van der Waals surface area contributed by atoms with Crippen molar-refractivity contribution < 1.29 is 14.1 Å². The fourth-order valence-electron chi connectivity index (χ4n) is 1.36. The second-order valence-corrected chi connectivity index (χ2v) is 5.36. The highest BCUT2D eigenvalue weighted by Crippen LogP contribution is 2.37. The first-order chi connectivity index (χ1) is 9.38. The maximum absolute atomic E-state index is 13.5. The highest BCUT2D eigenvalue weighted by atomic mass is 79.9. The molecule has 0 saturated carbocycles. The standard InChI is InChI=1S/C11H6Br2FN3O3/c12-6-2-9(17(18)19)10(3-8(6)14)20-11-7(13)1-5(15)4-16-11/h1-4H,15H2. The van der Waals surface area contributed by atoms with Gasteiger partial charge >= 0.3 is 5.69 Å². The Balaban J connectivity index is 2.47. The van der Waals surface area contributed by atoms with Crippen LogP contribution in [0, 0.1) is 15.9 Å². The molecule has 0 radical (unpaired) electrons. The van der Waals surface area contributed by atoms with Gasteiger partial charge in [-0.05, 0) is 37.9 Å². The third-order valence-electron chi connectivity index (χ3n) is 2.23. The first-order valence-corrected chi connectivity index (χ1v) is 6.69. The van der Waals surface area contributed by atoms with Crippen LogP contribution in [0.4, 0.5) is 15.8 Å². The van der Waals surface area contributed by atoms with Crippen molar-refractivity contribution in [3.63, 3.8) is 0 Å². The Hall–Kier alpha value is -1.74. The van der Waals surface area contributed by atoms with Crippen LogP contribution in [-0.2, 0) is 0 Å². The maximum Gasteiger partial charge on any atom is 0.312 e. The predicted molar refractivity (Wildman–Crippen MR) is 77.2 cm³/mol. The molecule has 0 fully saturated rings. The molecule has 6 nitrogen and oxygen atoms in total. The van der Waals surface area contributed by atoms with Gasteiger partial charge in [-0.1, -0.05) is 0 Å². The Morgan fingerprint density at radius 3 is 2.60 bits per heavy atom. The van der Waals surface area contributed by atoms with Crippen molar-refractivity contribution in [3.05, 3.63) is 49.3 Å². The van der Waals surface area contributed by atoms with Gasteiger partial charge in [-0.25, -0.2) is 9.37 Å². The smallest absolute Gasteiger partial charge is 0.312 e. The molecule has 1 heterocycles. The molecule has 0 aliphatic rings. The van der Waals surface area contributed by atoms with Crippen molar-refractivity contribution in [3.8, 4) is 11.6 Å². The van der Waals surface area contributed by atoms with Gasteiger partial charge in [-0.15, -0.1) is 0 Å². The zero-order chi connectivity index (χ0) is 14.9. The van der Waals surface area contributed by atoms with E-state index in [0.29, 0.717) is 10.2 Å². The fraction of sp³-hybridized carbons (Fsp3) is 0. The van der Waals surface area contributed by atoms with Crippen LogP contribution in [0.1, 0.15) is 0 Å². The fourth-order valence-corrected chi connectivity index (χ4v) is 2.14. The monoisotopic (exact) mass is 405 g/mol. The minimum atomic E-state index is -0.683. The summed E-state index contributed by atoms with van der Waals surface area (Å²) in [5.74, 6) is -0.894. The number of hydrogen-bond donors (Lipinski definition) is 1. The number of nitrogen functional groups attached to an aromatic ring is 1. The second-order valence-electron chi connectivity index (χ2n) is 3.65. The van der Waals surface area contributed by atoms with E-state index in [9.17, 15) is 14.5 Å². The zero-order valence-corrected chi connectivity index (χ0v) is 12.8. The van der Waals surface area contributed by atoms with Crippen LogP contribution in [0.15, 0.2) is 33.3 Å². The lowest BCUT2D eigenvalue weighted by atomic mass is 10.3. The van der Waals surface area contributed by atoms with Gasteiger partial charge in [-0.2, -0.15) is 0 Å². The number of rotatable bonds is 3. The third kappa shape index (κ3) is 3.05. The van der Waals surface area contributed by atoms with E-state index in [-0.39, 0.29) is 21.8 Å². The van der Waals surface area contributed by atoms with E-state index in [2.05, 4.69) is 36.8 Å². The molecule has 0 aliphatic carbocycles. The Morgan fingerprint density at radius 1 is 1.30 bits per heavy atom. The van der Waals surface area contributed by atoms with E-state index >= 15 is 0 Å². The molecule has 104 valence electrons. The van der Waals surface area contributed by atoms with Gasteiger partial charge in [0.1, 0.15) is 5.82 Å². The summed E-state index contributed by atoms with van der Waals surface area (Å²) in [6.45, 7) is 0. The molecular weight excluding hydrogens is 401 g/mol. The Labute approximate surface area is 129 Å². The van der Waals surface area contributed by atoms with Crippen molar-refractivity contribution >= 4 is 43.2 Å². The van der Waals surface area contributed by atoms with Crippen molar-refractivity contribution in [2.75, 3.05) is 5.73 Å². The van der Waals surface area contributed by atoms with Crippen molar-refractivity contribution in [1.29, 1.82) is 0 Å². The minimum Gasteiger partial charge on any atom is -0.431 e. The van der Waals surface area contributed by atoms with E-state index in [0.717, 1.165) is 12.1 Å². The van der Waals surface area contributed by atoms with Crippen molar-refractivity contribution in [2.45, 2.75) is 0 Å². The molecule has 0 amide bonds. The molecule has 0 bridgehead atoms. The Morgan fingerprint density at radius 2 is 2.00 bits per heavy atom. The zero-order valence-electron chi connectivity index (χ0n) is 9.64. The number of benzene rings is 1. The molecule has 2 N–H and O–H groups in total. The summed E-state index contributed by atoms with van der Waals surface area (Å²) < 4.78 is 19.1.